The molecule has 3 nitrogen and oxygen atoms in total. The molecule has 0 aliphatic heterocycles. The molecule has 15 heavy (non-hydrogen) atoms. The number of aliphatic hydroxyl groups is 2. The summed E-state index contributed by atoms with van der Waals surface area (Å²) in [5, 5.41) is 23.1. The van der Waals surface area contributed by atoms with Crippen molar-refractivity contribution >= 4 is 0 Å². The van der Waals surface area contributed by atoms with Gasteiger partial charge in [0, 0.05) is 12.1 Å². The largest absolute Gasteiger partial charge is 0.392 e. The summed E-state index contributed by atoms with van der Waals surface area (Å²) in [4.78, 5) is 0. The van der Waals surface area contributed by atoms with Crippen LogP contribution in [0, 0.1) is 0 Å². The maximum Gasteiger partial charge on any atom is 0.0693 e. The van der Waals surface area contributed by atoms with Gasteiger partial charge in [-0.25, -0.2) is 0 Å². The van der Waals surface area contributed by atoms with Gasteiger partial charge in [-0.3, -0.25) is 0 Å². The fourth-order valence-electron chi connectivity index (χ4n) is 2.89. The molecule has 3 heteroatoms. The Hall–Kier alpha value is -0.120. The Bertz CT molecular complexity index is 178. The van der Waals surface area contributed by atoms with E-state index in [2.05, 4.69) is 5.32 Å². The van der Waals surface area contributed by atoms with E-state index in [1.165, 1.54) is 12.8 Å². The Labute approximate surface area is 91.9 Å². The lowest BCUT2D eigenvalue weighted by atomic mass is 9.88. The summed E-state index contributed by atoms with van der Waals surface area (Å²) in [6, 6.07) is 0.438. The van der Waals surface area contributed by atoms with Gasteiger partial charge in [0.05, 0.1) is 12.2 Å². The summed E-state index contributed by atoms with van der Waals surface area (Å²) in [6.07, 6.45) is 8.25. The average molecular weight is 213 g/mol. The molecule has 0 amide bonds. The molecule has 0 heterocycles. The molecular weight excluding hydrogens is 190 g/mol. The smallest absolute Gasteiger partial charge is 0.0693 e. The van der Waals surface area contributed by atoms with Gasteiger partial charge in [0.15, 0.2) is 0 Å². The van der Waals surface area contributed by atoms with E-state index in [-0.39, 0.29) is 24.3 Å². The van der Waals surface area contributed by atoms with Crippen LogP contribution < -0.4 is 5.32 Å². The van der Waals surface area contributed by atoms with Crippen molar-refractivity contribution in [3.63, 3.8) is 0 Å². The first kappa shape index (κ1) is 11.4. The molecule has 0 bridgehead atoms. The van der Waals surface area contributed by atoms with Crippen molar-refractivity contribution in [2.24, 2.45) is 0 Å². The SMILES string of the molecule is OC1CCCCC1N[C@@H]1CCCC[C@H]1O. The van der Waals surface area contributed by atoms with Gasteiger partial charge in [-0.05, 0) is 25.7 Å². The lowest BCUT2D eigenvalue weighted by Gasteiger charge is -2.36. The van der Waals surface area contributed by atoms with Crippen LogP contribution in [0.4, 0.5) is 0 Å². The number of rotatable bonds is 2. The first-order chi connectivity index (χ1) is 7.27. The molecule has 0 saturated heterocycles. The zero-order valence-electron chi connectivity index (χ0n) is 9.36. The first-order valence-electron chi connectivity index (χ1n) is 6.39. The Balaban J connectivity index is 1.83. The van der Waals surface area contributed by atoms with E-state index < -0.39 is 0 Å². The van der Waals surface area contributed by atoms with Crippen molar-refractivity contribution in [3.05, 3.63) is 0 Å². The van der Waals surface area contributed by atoms with Crippen LogP contribution >= 0.6 is 0 Å². The van der Waals surface area contributed by atoms with Gasteiger partial charge in [-0.15, -0.1) is 0 Å². The van der Waals surface area contributed by atoms with Crippen molar-refractivity contribution in [1.29, 1.82) is 0 Å². The molecule has 0 aromatic carbocycles. The van der Waals surface area contributed by atoms with E-state index in [0.29, 0.717) is 0 Å². The van der Waals surface area contributed by atoms with E-state index in [1.54, 1.807) is 0 Å². The molecular formula is C12H23NO2. The third kappa shape index (κ3) is 2.92. The molecule has 4 atom stereocenters. The maximum atomic E-state index is 9.84. The van der Waals surface area contributed by atoms with E-state index in [9.17, 15) is 10.2 Å². The molecule has 2 fully saturated rings. The zero-order chi connectivity index (χ0) is 10.7. The second-order valence-electron chi connectivity index (χ2n) is 5.08. The van der Waals surface area contributed by atoms with Crippen LogP contribution in [0.1, 0.15) is 51.4 Å². The van der Waals surface area contributed by atoms with E-state index >= 15 is 0 Å². The molecule has 88 valence electrons. The number of hydrogen-bond donors (Lipinski definition) is 3. The topological polar surface area (TPSA) is 52.5 Å². The van der Waals surface area contributed by atoms with Crippen LogP contribution in [0.15, 0.2) is 0 Å². The number of nitrogens with one attached hydrogen (secondary N) is 1. The van der Waals surface area contributed by atoms with Crippen LogP contribution in [0.2, 0.25) is 0 Å². The highest BCUT2D eigenvalue weighted by Crippen LogP contribution is 2.23. The standard InChI is InChI=1S/C12H23NO2/c14-11-7-3-1-5-9(11)13-10-6-2-4-8-12(10)15/h9-15H,1-8H2/t9-,10?,11-,12?/m1/s1. The summed E-state index contributed by atoms with van der Waals surface area (Å²) in [5.74, 6) is 0. The molecule has 3 N–H and O–H groups in total. The average Bonchev–Trinajstić information content (AvgIpc) is 2.24. The van der Waals surface area contributed by atoms with Crippen molar-refractivity contribution < 1.29 is 10.2 Å². The Morgan fingerprint density at radius 1 is 0.667 bits per heavy atom. The zero-order valence-corrected chi connectivity index (χ0v) is 9.36. The molecule has 0 spiro atoms. The second-order valence-corrected chi connectivity index (χ2v) is 5.08. The third-order valence-corrected chi connectivity index (χ3v) is 3.89. The quantitative estimate of drug-likeness (QED) is 0.645. The Morgan fingerprint density at radius 2 is 1.07 bits per heavy atom. The van der Waals surface area contributed by atoms with E-state index in [4.69, 9.17) is 0 Å². The van der Waals surface area contributed by atoms with Gasteiger partial charge in [0.25, 0.3) is 0 Å². The highest BCUT2D eigenvalue weighted by Gasteiger charge is 2.29. The van der Waals surface area contributed by atoms with Crippen LogP contribution in [-0.4, -0.2) is 34.5 Å². The first-order valence-corrected chi connectivity index (χ1v) is 6.39. The van der Waals surface area contributed by atoms with E-state index in [0.717, 1.165) is 38.5 Å². The minimum Gasteiger partial charge on any atom is -0.392 e. The monoisotopic (exact) mass is 213 g/mol. The molecule has 2 rings (SSSR count). The fourth-order valence-corrected chi connectivity index (χ4v) is 2.89. The lowest BCUT2D eigenvalue weighted by Crippen LogP contribution is -2.52. The van der Waals surface area contributed by atoms with Gasteiger partial charge in [-0.2, -0.15) is 0 Å². The minimum absolute atomic E-state index is 0.201. The van der Waals surface area contributed by atoms with Crippen LogP contribution in [0.25, 0.3) is 0 Å². The molecule has 0 aromatic rings. The van der Waals surface area contributed by atoms with Gasteiger partial charge in [-0.1, -0.05) is 25.7 Å². The van der Waals surface area contributed by atoms with E-state index in [1.807, 2.05) is 0 Å². The highest BCUT2D eigenvalue weighted by molar-refractivity contribution is 4.88. The predicted octanol–water partition coefficient (Wildman–Crippen LogP) is 1.18. The van der Waals surface area contributed by atoms with Crippen molar-refractivity contribution in [1.82, 2.24) is 5.32 Å². The van der Waals surface area contributed by atoms with Gasteiger partial charge in [0.2, 0.25) is 0 Å². The molecule has 2 saturated carbocycles. The van der Waals surface area contributed by atoms with Gasteiger partial charge >= 0.3 is 0 Å². The Kier molecular flexibility index (Phi) is 4.00. The molecule has 0 radical (unpaired) electrons. The van der Waals surface area contributed by atoms with Gasteiger partial charge in [0.1, 0.15) is 0 Å². The van der Waals surface area contributed by atoms with Crippen LogP contribution in [0.5, 0.6) is 0 Å². The summed E-state index contributed by atoms with van der Waals surface area (Å²) in [5.41, 5.74) is 0. The van der Waals surface area contributed by atoms with Crippen molar-refractivity contribution in [2.75, 3.05) is 0 Å². The van der Waals surface area contributed by atoms with Crippen LogP contribution in [0.3, 0.4) is 0 Å². The second kappa shape index (κ2) is 5.28. The van der Waals surface area contributed by atoms with Gasteiger partial charge < -0.3 is 15.5 Å². The predicted molar refractivity (Wildman–Crippen MR) is 59.7 cm³/mol. The van der Waals surface area contributed by atoms with Crippen molar-refractivity contribution in [2.45, 2.75) is 75.7 Å². The summed E-state index contributed by atoms with van der Waals surface area (Å²) in [7, 11) is 0. The summed E-state index contributed by atoms with van der Waals surface area (Å²) >= 11 is 0. The molecule has 2 aliphatic rings. The molecule has 0 aromatic heterocycles. The molecule has 2 unspecified atom stereocenters. The number of hydrogen-bond acceptors (Lipinski definition) is 3. The Morgan fingerprint density at radius 3 is 1.47 bits per heavy atom. The fraction of sp³-hybridized carbons (Fsp3) is 1.00. The summed E-state index contributed by atoms with van der Waals surface area (Å²) in [6.45, 7) is 0. The lowest BCUT2D eigenvalue weighted by molar-refractivity contribution is 0.0446. The summed E-state index contributed by atoms with van der Waals surface area (Å²) < 4.78 is 0. The van der Waals surface area contributed by atoms with Crippen molar-refractivity contribution in [3.8, 4) is 0 Å². The molecule has 2 aliphatic carbocycles. The maximum absolute atomic E-state index is 9.84. The highest BCUT2D eigenvalue weighted by atomic mass is 16.3. The minimum atomic E-state index is -0.201. The third-order valence-electron chi connectivity index (χ3n) is 3.89. The number of aliphatic hydroxyl groups excluding tert-OH is 2. The van der Waals surface area contributed by atoms with Crippen LogP contribution in [-0.2, 0) is 0 Å². The normalized spacial score (nSPS) is 42.8.